The Morgan fingerprint density at radius 2 is 1.72 bits per heavy atom. The van der Waals surface area contributed by atoms with Gasteiger partial charge in [0.05, 0.1) is 15.6 Å². The number of fused-ring (bicyclic) bond motifs is 1. The molecule has 0 unspecified atom stereocenters. The molecule has 0 saturated heterocycles. The van der Waals surface area contributed by atoms with Crippen LogP contribution in [0.2, 0.25) is 10.0 Å². The highest BCUT2D eigenvalue weighted by molar-refractivity contribution is 6.37. The van der Waals surface area contributed by atoms with Crippen LogP contribution in [0.15, 0.2) is 48.0 Å². The number of carbonyl (C=O) groups is 2. The van der Waals surface area contributed by atoms with Crippen LogP contribution in [0.25, 0.3) is 11.6 Å². The average molecular weight is 374 g/mol. The first-order valence-corrected chi connectivity index (χ1v) is 8.15. The van der Waals surface area contributed by atoms with Crippen LogP contribution in [0.5, 0.6) is 5.75 Å². The lowest BCUT2D eigenvalue weighted by Crippen LogP contribution is -2.27. The van der Waals surface area contributed by atoms with Gasteiger partial charge >= 0.3 is 0 Å². The van der Waals surface area contributed by atoms with Crippen LogP contribution in [0, 0.1) is 0 Å². The van der Waals surface area contributed by atoms with Crippen molar-refractivity contribution in [3.8, 4) is 5.75 Å². The largest absolute Gasteiger partial charge is 0.505 e. The Kier molecular flexibility index (Phi) is 4.66. The number of hydrogen-bond acceptors (Lipinski definition) is 3. The van der Waals surface area contributed by atoms with Crippen LogP contribution in [-0.4, -0.2) is 23.8 Å². The summed E-state index contributed by atoms with van der Waals surface area (Å²) < 4.78 is 0. The van der Waals surface area contributed by atoms with Crippen LogP contribution in [-0.2, 0) is 4.79 Å². The molecule has 25 heavy (non-hydrogen) atoms. The number of likely N-dealkylation sites (N-methyl/N-ethyl adjacent to an activating group) is 1. The number of halogens is 2. The lowest BCUT2D eigenvalue weighted by molar-refractivity contribution is -0.116. The van der Waals surface area contributed by atoms with Gasteiger partial charge in [-0.1, -0.05) is 47.5 Å². The van der Waals surface area contributed by atoms with Crippen molar-refractivity contribution in [2.45, 2.75) is 0 Å². The van der Waals surface area contributed by atoms with Gasteiger partial charge in [-0.3, -0.25) is 9.59 Å². The van der Waals surface area contributed by atoms with E-state index in [1.807, 2.05) is 6.07 Å². The zero-order valence-electron chi connectivity index (χ0n) is 13.1. The molecule has 1 aliphatic carbocycles. The number of amides is 1. The Bertz CT molecular complexity index is 938. The molecule has 1 aliphatic rings. The van der Waals surface area contributed by atoms with Crippen LogP contribution >= 0.6 is 23.2 Å². The highest BCUT2D eigenvalue weighted by Crippen LogP contribution is 2.36. The molecule has 0 spiro atoms. The van der Waals surface area contributed by atoms with Crippen LogP contribution < -0.4 is 5.32 Å². The maximum absolute atomic E-state index is 12.5. The van der Waals surface area contributed by atoms with Crippen molar-refractivity contribution in [2.75, 3.05) is 7.05 Å². The maximum atomic E-state index is 12.5. The van der Waals surface area contributed by atoms with Gasteiger partial charge in [0.25, 0.3) is 5.91 Å². The summed E-state index contributed by atoms with van der Waals surface area (Å²) in [6.45, 7) is 0. The number of benzene rings is 2. The summed E-state index contributed by atoms with van der Waals surface area (Å²) in [5.74, 6) is -0.965. The van der Waals surface area contributed by atoms with E-state index in [0.717, 1.165) is 0 Å². The van der Waals surface area contributed by atoms with E-state index in [0.29, 0.717) is 22.3 Å². The Labute approximate surface area is 154 Å². The quantitative estimate of drug-likeness (QED) is 0.778. The van der Waals surface area contributed by atoms with Crippen molar-refractivity contribution in [3.63, 3.8) is 0 Å². The first kappa shape index (κ1) is 17.3. The van der Waals surface area contributed by atoms with E-state index in [2.05, 4.69) is 5.32 Å². The summed E-state index contributed by atoms with van der Waals surface area (Å²) in [6, 6.07) is 10.2. The summed E-state index contributed by atoms with van der Waals surface area (Å²) >= 11 is 11.9. The SMILES string of the molecule is CNC(=O)C1=C/C(=C\c2cc(Cl)c(O)c(Cl)c2)c2ccccc2C1=O. The molecule has 2 N–H and O–H groups in total. The second-order valence-electron chi connectivity index (χ2n) is 5.44. The van der Waals surface area contributed by atoms with Gasteiger partial charge in [0.2, 0.25) is 0 Å². The summed E-state index contributed by atoms with van der Waals surface area (Å²) in [6.07, 6.45) is 3.30. The van der Waals surface area contributed by atoms with Crippen molar-refractivity contribution >= 4 is 46.5 Å². The fourth-order valence-corrected chi connectivity index (χ4v) is 3.15. The number of allylic oxidation sites excluding steroid dienone is 2. The predicted molar refractivity (Wildman–Crippen MR) is 98.9 cm³/mol. The van der Waals surface area contributed by atoms with Gasteiger partial charge in [0.1, 0.15) is 0 Å². The van der Waals surface area contributed by atoms with Gasteiger partial charge in [-0.2, -0.15) is 0 Å². The third kappa shape index (κ3) is 3.18. The highest BCUT2D eigenvalue weighted by Gasteiger charge is 2.27. The van der Waals surface area contributed by atoms with E-state index in [1.165, 1.54) is 13.1 Å². The van der Waals surface area contributed by atoms with Crippen LogP contribution in [0.3, 0.4) is 0 Å². The molecule has 0 radical (unpaired) electrons. The molecule has 0 atom stereocenters. The number of rotatable bonds is 2. The molecule has 3 rings (SSSR count). The number of phenolic OH excluding ortho intramolecular Hbond substituents is 1. The molecule has 2 aromatic carbocycles. The molecule has 1 amide bonds. The maximum Gasteiger partial charge on any atom is 0.255 e. The van der Waals surface area contributed by atoms with Gasteiger partial charge in [-0.15, -0.1) is 0 Å². The minimum absolute atomic E-state index is 0.0587. The standard InChI is InChI=1S/C19H13Cl2NO3/c1-22-19(25)14-9-11(12-4-2-3-5-13(12)17(14)23)6-10-7-15(20)18(24)16(21)8-10/h2-9,24H,1H3,(H,22,25)/b11-6+. The molecular weight excluding hydrogens is 361 g/mol. The lowest BCUT2D eigenvalue weighted by atomic mass is 9.86. The van der Waals surface area contributed by atoms with Crippen LogP contribution in [0.4, 0.5) is 0 Å². The zero-order chi connectivity index (χ0) is 18.1. The normalized spacial score (nSPS) is 14.9. The molecule has 0 saturated carbocycles. The second-order valence-corrected chi connectivity index (χ2v) is 6.26. The first-order chi connectivity index (χ1) is 11.9. The van der Waals surface area contributed by atoms with Crippen molar-refractivity contribution in [2.24, 2.45) is 0 Å². The van der Waals surface area contributed by atoms with Crippen molar-refractivity contribution in [3.05, 3.63) is 74.8 Å². The van der Waals surface area contributed by atoms with Crippen molar-refractivity contribution in [1.29, 1.82) is 0 Å². The van der Waals surface area contributed by atoms with E-state index in [4.69, 9.17) is 23.2 Å². The van der Waals surface area contributed by atoms with Gasteiger partial charge in [0.15, 0.2) is 11.5 Å². The smallest absolute Gasteiger partial charge is 0.255 e. The minimum atomic E-state index is -0.452. The average Bonchev–Trinajstić information content (AvgIpc) is 2.61. The molecule has 6 heteroatoms. The molecule has 0 heterocycles. The molecule has 0 aromatic heterocycles. The summed E-state index contributed by atoms with van der Waals surface area (Å²) in [5, 5.41) is 12.4. The lowest BCUT2D eigenvalue weighted by Gasteiger charge is -2.17. The number of phenols is 1. The third-order valence-corrected chi connectivity index (χ3v) is 4.44. The molecule has 0 fully saturated rings. The zero-order valence-corrected chi connectivity index (χ0v) is 14.7. The Morgan fingerprint density at radius 1 is 1.12 bits per heavy atom. The van der Waals surface area contributed by atoms with Gasteiger partial charge in [-0.25, -0.2) is 0 Å². The van der Waals surface area contributed by atoms with Gasteiger partial charge in [-0.05, 0) is 41.0 Å². The monoisotopic (exact) mass is 373 g/mol. The number of aromatic hydroxyl groups is 1. The summed E-state index contributed by atoms with van der Waals surface area (Å²) in [5.41, 5.74) is 2.53. The van der Waals surface area contributed by atoms with E-state index < -0.39 is 5.91 Å². The fraction of sp³-hybridized carbons (Fsp3) is 0.0526. The Morgan fingerprint density at radius 3 is 2.32 bits per heavy atom. The topological polar surface area (TPSA) is 66.4 Å². The predicted octanol–water partition coefficient (Wildman–Crippen LogP) is 4.11. The number of ketones is 1. The van der Waals surface area contributed by atoms with Gasteiger partial charge < -0.3 is 10.4 Å². The Hall–Kier alpha value is -2.56. The highest BCUT2D eigenvalue weighted by atomic mass is 35.5. The molecule has 126 valence electrons. The molecule has 0 aliphatic heterocycles. The number of Topliss-reactive ketones (excluding diaryl/α,β-unsaturated/α-hetero) is 1. The molecule has 4 nitrogen and oxygen atoms in total. The Balaban J connectivity index is 2.20. The molecule has 2 aromatic rings. The fourth-order valence-electron chi connectivity index (χ4n) is 2.65. The van der Waals surface area contributed by atoms with Crippen LogP contribution in [0.1, 0.15) is 21.5 Å². The van der Waals surface area contributed by atoms with E-state index in [1.54, 1.807) is 36.4 Å². The number of nitrogens with one attached hydrogen (secondary N) is 1. The summed E-state index contributed by atoms with van der Waals surface area (Å²) in [7, 11) is 1.47. The van der Waals surface area contributed by atoms with E-state index in [-0.39, 0.29) is 27.2 Å². The minimum Gasteiger partial charge on any atom is -0.505 e. The second kappa shape index (κ2) is 6.75. The molecular formula is C19H13Cl2NO3. The van der Waals surface area contributed by atoms with Gasteiger partial charge in [0, 0.05) is 12.6 Å². The van der Waals surface area contributed by atoms with Crippen molar-refractivity contribution < 1.29 is 14.7 Å². The third-order valence-electron chi connectivity index (χ3n) is 3.86. The van der Waals surface area contributed by atoms with Crippen molar-refractivity contribution in [1.82, 2.24) is 5.32 Å². The first-order valence-electron chi connectivity index (χ1n) is 7.40. The number of carbonyl (C=O) groups excluding carboxylic acids is 2. The number of hydrogen-bond donors (Lipinski definition) is 2. The summed E-state index contributed by atoms with van der Waals surface area (Å²) in [4.78, 5) is 24.6. The van der Waals surface area contributed by atoms with E-state index >= 15 is 0 Å². The molecule has 0 bridgehead atoms. The van der Waals surface area contributed by atoms with E-state index in [9.17, 15) is 14.7 Å².